The molecule has 2 N–H and O–H groups in total. The standard InChI is InChI=1S/C11H14Cl2N2O2S/c1-7-5-15(6-9(7)14)18(16,17)10-4-2-3-8(12)11(10)13/h2-4,7,9H,5-6,14H2,1H3. The van der Waals surface area contributed by atoms with Gasteiger partial charge in [0, 0.05) is 19.1 Å². The number of benzene rings is 1. The van der Waals surface area contributed by atoms with E-state index < -0.39 is 10.0 Å². The van der Waals surface area contributed by atoms with Crippen molar-refractivity contribution >= 4 is 33.2 Å². The number of hydrogen-bond donors (Lipinski definition) is 1. The van der Waals surface area contributed by atoms with E-state index in [4.69, 9.17) is 28.9 Å². The molecule has 1 saturated heterocycles. The van der Waals surface area contributed by atoms with Gasteiger partial charge in [-0.1, -0.05) is 36.2 Å². The first-order valence-corrected chi connectivity index (χ1v) is 7.73. The zero-order chi connectivity index (χ0) is 13.5. The lowest BCUT2D eigenvalue weighted by molar-refractivity contribution is 0.464. The molecule has 0 bridgehead atoms. The minimum atomic E-state index is -3.62. The Labute approximate surface area is 117 Å². The van der Waals surface area contributed by atoms with E-state index >= 15 is 0 Å². The molecule has 0 spiro atoms. The zero-order valence-electron chi connectivity index (χ0n) is 9.81. The number of hydrogen-bond acceptors (Lipinski definition) is 3. The zero-order valence-corrected chi connectivity index (χ0v) is 12.1. The van der Waals surface area contributed by atoms with Crippen LogP contribution in [-0.2, 0) is 10.0 Å². The predicted molar refractivity (Wildman–Crippen MR) is 72.4 cm³/mol. The molecule has 1 aliphatic rings. The summed E-state index contributed by atoms with van der Waals surface area (Å²) >= 11 is 11.8. The average Bonchev–Trinajstić information content (AvgIpc) is 2.63. The van der Waals surface area contributed by atoms with Gasteiger partial charge in [0.1, 0.15) is 4.90 Å². The summed E-state index contributed by atoms with van der Waals surface area (Å²) < 4.78 is 26.2. The number of nitrogens with two attached hydrogens (primary N) is 1. The van der Waals surface area contributed by atoms with E-state index in [0.29, 0.717) is 13.1 Å². The second kappa shape index (κ2) is 4.98. The smallest absolute Gasteiger partial charge is 0.244 e. The quantitative estimate of drug-likeness (QED) is 0.908. The van der Waals surface area contributed by atoms with Crippen LogP contribution in [0.25, 0.3) is 0 Å². The highest BCUT2D eigenvalue weighted by molar-refractivity contribution is 7.89. The van der Waals surface area contributed by atoms with Gasteiger partial charge in [0.05, 0.1) is 10.0 Å². The summed E-state index contributed by atoms with van der Waals surface area (Å²) in [4.78, 5) is 0.0398. The minimum Gasteiger partial charge on any atom is -0.326 e. The maximum Gasteiger partial charge on any atom is 0.244 e. The van der Waals surface area contributed by atoms with Crippen molar-refractivity contribution in [2.45, 2.75) is 17.9 Å². The van der Waals surface area contributed by atoms with Crippen molar-refractivity contribution in [2.75, 3.05) is 13.1 Å². The van der Waals surface area contributed by atoms with Crippen molar-refractivity contribution in [3.63, 3.8) is 0 Å². The van der Waals surface area contributed by atoms with Gasteiger partial charge in [-0.3, -0.25) is 0 Å². The maximum atomic E-state index is 12.4. The Bertz CT molecular complexity index is 552. The molecule has 0 radical (unpaired) electrons. The van der Waals surface area contributed by atoms with Crippen LogP contribution in [0, 0.1) is 5.92 Å². The van der Waals surface area contributed by atoms with E-state index in [0.717, 1.165) is 0 Å². The van der Waals surface area contributed by atoms with Gasteiger partial charge in [0.15, 0.2) is 0 Å². The fraction of sp³-hybridized carbons (Fsp3) is 0.455. The Morgan fingerprint density at radius 3 is 2.56 bits per heavy atom. The molecule has 2 rings (SSSR count). The van der Waals surface area contributed by atoms with Gasteiger partial charge >= 0.3 is 0 Å². The van der Waals surface area contributed by atoms with Crippen LogP contribution in [0.5, 0.6) is 0 Å². The molecule has 2 unspecified atom stereocenters. The molecular weight excluding hydrogens is 295 g/mol. The van der Waals surface area contributed by atoms with E-state index in [-0.39, 0.29) is 26.9 Å². The molecule has 0 amide bonds. The third-order valence-corrected chi connectivity index (χ3v) is 5.98. The highest BCUT2D eigenvalue weighted by atomic mass is 35.5. The lowest BCUT2D eigenvalue weighted by Crippen LogP contribution is -2.32. The van der Waals surface area contributed by atoms with Gasteiger partial charge in [-0.2, -0.15) is 4.31 Å². The molecule has 18 heavy (non-hydrogen) atoms. The van der Waals surface area contributed by atoms with Crippen molar-refractivity contribution in [3.8, 4) is 0 Å². The first-order chi connectivity index (χ1) is 8.34. The number of halogens is 2. The van der Waals surface area contributed by atoms with E-state index in [9.17, 15) is 8.42 Å². The second-order valence-corrected chi connectivity index (χ2v) is 7.21. The van der Waals surface area contributed by atoms with Crippen molar-refractivity contribution in [1.29, 1.82) is 0 Å². The van der Waals surface area contributed by atoms with Crippen LogP contribution in [0.1, 0.15) is 6.92 Å². The summed E-state index contributed by atoms with van der Waals surface area (Å²) in [6, 6.07) is 4.44. The highest BCUT2D eigenvalue weighted by Crippen LogP contribution is 2.32. The number of sulfonamides is 1. The number of rotatable bonds is 2. The average molecular weight is 309 g/mol. The van der Waals surface area contributed by atoms with Crippen molar-refractivity contribution in [2.24, 2.45) is 11.7 Å². The monoisotopic (exact) mass is 308 g/mol. The van der Waals surface area contributed by atoms with Gasteiger partial charge in [0.2, 0.25) is 10.0 Å². The van der Waals surface area contributed by atoms with Crippen LogP contribution in [0.15, 0.2) is 23.1 Å². The molecule has 2 atom stereocenters. The van der Waals surface area contributed by atoms with Crippen LogP contribution in [0.3, 0.4) is 0 Å². The Kier molecular flexibility index (Phi) is 3.90. The molecule has 0 aromatic heterocycles. The van der Waals surface area contributed by atoms with Crippen molar-refractivity contribution < 1.29 is 8.42 Å². The van der Waals surface area contributed by atoms with E-state index in [1.165, 1.54) is 10.4 Å². The molecule has 0 aliphatic carbocycles. The maximum absolute atomic E-state index is 12.4. The van der Waals surface area contributed by atoms with E-state index in [1.54, 1.807) is 12.1 Å². The van der Waals surface area contributed by atoms with Crippen LogP contribution >= 0.6 is 23.2 Å². The van der Waals surface area contributed by atoms with E-state index in [1.807, 2.05) is 6.92 Å². The Morgan fingerprint density at radius 2 is 2.00 bits per heavy atom. The fourth-order valence-corrected chi connectivity index (χ4v) is 4.28. The van der Waals surface area contributed by atoms with Gasteiger partial charge in [0.25, 0.3) is 0 Å². The third-order valence-electron chi connectivity index (χ3n) is 3.17. The molecule has 1 heterocycles. The fourth-order valence-electron chi connectivity index (χ4n) is 1.96. The van der Waals surface area contributed by atoms with Gasteiger partial charge in [-0.15, -0.1) is 0 Å². The molecule has 100 valence electrons. The molecular formula is C11H14Cl2N2O2S. The molecule has 7 heteroatoms. The first kappa shape index (κ1) is 14.1. The lowest BCUT2D eigenvalue weighted by Gasteiger charge is -2.17. The Balaban J connectivity index is 2.41. The summed E-state index contributed by atoms with van der Waals surface area (Å²) in [5.74, 6) is 0.137. The van der Waals surface area contributed by atoms with Crippen molar-refractivity contribution in [3.05, 3.63) is 28.2 Å². The van der Waals surface area contributed by atoms with Gasteiger partial charge < -0.3 is 5.73 Å². The molecule has 1 aromatic carbocycles. The Morgan fingerprint density at radius 1 is 1.33 bits per heavy atom. The van der Waals surface area contributed by atoms with Crippen molar-refractivity contribution in [1.82, 2.24) is 4.31 Å². The Hall–Kier alpha value is -0.330. The van der Waals surface area contributed by atoms with Gasteiger partial charge in [-0.25, -0.2) is 8.42 Å². The first-order valence-electron chi connectivity index (χ1n) is 5.53. The SMILES string of the molecule is CC1CN(S(=O)(=O)c2cccc(Cl)c2Cl)CC1N. The molecule has 4 nitrogen and oxygen atoms in total. The molecule has 1 fully saturated rings. The van der Waals surface area contributed by atoms with Crippen LogP contribution < -0.4 is 5.73 Å². The molecule has 0 saturated carbocycles. The van der Waals surface area contributed by atoms with Gasteiger partial charge in [-0.05, 0) is 18.1 Å². The lowest BCUT2D eigenvalue weighted by atomic mass is 10.1. The number of nitrogens with zero attached hydrogens (tertiary/aromatic N) is 1. The summed E-state index contributed by atoms with van der Waals surface area (Å²) in [5.41, 5.74) is 5.85. The summed E-state index contributed by atoms with van der Waals surface area (Å²) in [6.45, 7) is 2.65. The van der Waals surface area contributed by atoms with Crippen LogP contribution in [-0.4, -0.2) is 31.9 Å². The van der Waals surface area contributed by atoms with E-state index in [2.05, 4.69) is 0 Å². The highest BCUT2D eigenvalue weighted by Gasteiger charge is 2.36. The second-order valence-electron chi connectivity index (χ2n) is 4.52. The normalized spacial score (nSPS) is 25.6. The summed E-state index contributed by atoms with van der Waals surface area (Å²) in [7, 11) is -3.62. The molecule has 1 aromatic rings. The van der Waals surface area contributed by atoms with Crippen LogP contribution in [0.2, 0.25) is 10.0 Å². The third kappa shape index (κ3) is 2.38. The predicted octanol–water partition coefficient (Wildman–Crippen LogP) is 1.96. The summed E-state index contributed by atoms with van der Waals surface area (Å²) in [5, 5.41) is 0.293. The summed E-state index contributed by atoms with van der Waals surface area (Å²) in [6.07, 6.45) is 0. The topological polar surface area (TPSA) is 63.4 Å². The minimum absolute atomic E-state index is 0.0398. The largest absolute Gasteiger partial charge is 0.326 e. The molecule has 1 aliphatic heterocycles. The van der Waals surface area contributed by atoms with Crippen LogP contribution in [0.4, 0.5) is 0 Å².